The van der Waals surface area contributed by atoms with Crippen molar-refractivity contribution >= 4 is 11.8 Å². The molecule has 0 aromatic carbocycles. The molecule has 1 saturated carbocycles. The number of nitrogens with zero attached hydrogens (tertiary/aromatic N) is 1. The monoisotopic (exact) mass is 298 g/mol. The predicted molar refractivity (Wildman–Crippen MR) is 91.6 cm³/mol. The summed E-state index contributed by atoms with van der Waals surface area (Å²) in [6, 6.07) is 0. The zero-order valence-electron chi connectivity index (χ0n) is 13.6. The smallest absolute Gasteiger partial charge is 0.00726 e. The first kappa shape index (κ1) is 16.6. The van der Waals surface area contributed by atoms with Crippen molar-refractivity contribution in [1.29, 1.82) is 0 Å². The molecular formula is C17H34N2S. The lowest BCUT2D eigenvalue weighted by molar-refractivity contribution is 0.0903. The van der Waals surface area contributed by atoms with E-state index in [2.05, 4.69) is 35.8 Å². The van der Waals surface area contributed by atoms with Crippen molar-refractivity contribution in [3.05, 3.63) is 0 Å². The average Bonchev–Trinajstić information content (AvgIpc) is 2.71. The Labute approximate surface area is 130 Å². The normalized spacial score (nSPS) is 33.0. The number of hydrogen-bond donors (Lipinski definition) is 1. The lowest BCUT2D eigenvalue weighted by Gasteiger charge is -2.43. The highest BCUT2D eigenvalue weighted by Crippen LogP contribution is 2.39. The van der Waals surface area contributed by atoms with Gasteiger partial charge < -0.3 is 10.2 Å². The van der Waals surface area contributed by atoms with Crippen LogP contribution in [0.25, 0.3) is 0 Å². The van der Waals surface area contributed by atoms with Crippen LogP contribution in [0.15, 0.2) is 0 Å². The minimum absolute atomic E-state index is 0.566. The van der Waals surface area contributed by atoms with E-state index in [9.17, 15) is 0 Å². The molecule has 2 fully saturated rings. The third kappa shape index (κ3) is 5.23. The van der Waals surface area contributed by atoms with E-state index in [1.807, 2.05) is 0 Å². The Morgan fingerprint density at radius 3 is 2.75 bits per heavy atom. The van der Waals surface area contributed by atoms with Crippen LogP contribution in [-0.2, 0) is 0 Å². The first-order valence-corrected chi connectivity index (χ1v) is 9.90. The molecule has 118 valence electrons. The quantitative estimate of drug-likeness (QED) is 0.754. The van der Waals surface area contributed by atoms with Gasteiger partial charge in [0.05, 0.1) is 0 Å². The standard InChI is InChI=1S/C17H34N2S/c1-3-9-18-14-17(7-5-16(2)6-8-17)15-19-10-4-12-20-13-11-19/h16,18H,3-15H2,1-2H3. The van der Waals surface area contributed by atoms with Crippen molar-refractivity contribution < 1.29 is 0 Å². The van der Waals surface area contributed by atoms with Crippen LogP contribution in [0.1, 0.15) is 52.4 Å². The van der Waals surface area contributed by atoms with Gasteiger partial charge in [0, 0.05) is 25.4 Å². The van der Waals surface area contributed by atoms with Crippen LogP contribution < -0.4 is 5.32 Å². The third-order valence-corrected chi connectivity index (χ3v) is 6.18. The molecule has 1 N–H and O–H groups in total. The van der Waals surface area contributed by atoms with E-state index in [0.717, 1.165) is 5.92 Å². The summed E-state index contributed by atoms with van der Waals surface area (Å²) in [6.07, 6.45) is 8.40. The molecule has 2 rings (SSSR count). The van der Waals surface area contributed by atoms with Crippen LogP contribution in [0.5, 0.6) is 0 Å². The molecule has 0 spiro atoms. The Morgan fingerprint density at radius 1 is 1.20 bits per heavy atom. The van der Waals surface area contributed by atoms with Crippen molar-refractivity contribution in [2.24, 2.45) is 11.3 Å². The molecule has 0 unspecified atom stereocenters. The number of rotatable bonds is 6. The maximum atomic E-state index is 3.73. The summed E-state index contributed by atoms with van der Waals surface area (Å²) < 4.78 is 0. The lowest BCUT2D eigenvalue weighted by atomic mass is 9.70. The molecule has 0 bridgehead atoms. The number of thioether (sulfide) groups is 1. The Kier molecular flexibility index (Phi) is 7.20. The summed E-state index contributed by atoms with van der Waals surface area (Å²) >= 11 is 2.15. The van der Waals surface area contributed by atoms with E-state index in [0.29, 0.717) is 5.41 Å². The highest BCUT2D eigenvalue weighted by atomic mass is 32.2. The van der Waals surface area contributed by atoms with E-state index in [1.165, 1.54) is 82.8 Å². The van der Waals surface area contributed by atoms with Crippen molar-refractivity contribution in [3.8, 4) is 0 Å². The summed E-state index contributed by atoms with van der Waals surface area (Å²) in [6.45, 7) is 11.1. The van der Waals surface area contributed by atoms with E-state index >= 15 is 0 Å². The summed E-state index contributed by atoms with van der Waals surface area (Å²) in [5, 5.41) is 3.73. The minimum Gasteiger partial charge on any atom is -0.316 e. The molecule has 20 heavy (non-hydrogen) atoms. The first-order valence-electron chi connectivity index (χ1n) is 8.75. The Hall–Kier alpha value is 0.270. The molecular weight excluding hydrogens is 264 g/mol. The van der Waals surface area contributed by atoms with Crippen molar-refractivity contribution in [1.82, 2.24) is 10.2 Å². The van der Waals surface area contributed by atoms with Gasteiger partial charge in [-0.25, -0.2) is 0 Å². The second-order valence-electron chi connectivity index (χ2n) is 7.10. The molecule has 1 aliphatic heterocycles. The van der Waals surface area contributed by atoms with Gasteiger partial charge in [0.1, 0.15) is 0 Å². The zero-order valence-corrected chi connectivity index (χ0v) is 14.4. The summed E-state index contributed by atoms with van der Waals surface area (Å²) in [5.41, 5.74) is 0.566. The molecule has 0 radical (unpaired) electrons. The highest BCUT2D eigenvalue weighted by molar-refractivity contribution is 7.99. The topological polar surface area (TPSA) is 15.3 Å². The molecule has 1 aliphatic carbocycles. The van der Waals surface area contributed by atoms with Crippen LogP contribution in [-0.4, -0.2) is 49.1 Å². The second kappa shape index (κ2) is 8.65. The van der Waals surface area contributed by atoms with Gasteiger partial charge in [0.25, 0.3) is 0 Å². The van der Waals surface area contributed by atoms with Crippen LogP contribution in [0.4, 0.5) is 0 Å². The van der Waals surface area contributed by atoms with Crippen LogP contribution in [0, 0.1) is 11.3 Å². The summed E-state index contributed by atoms with van der Waals surface area (Å²) in [7, 11) is 0. The number of nitrogens with one attached hydrogen (secondary N) is 1. The van der Waals surface area contributed by atoms with Gasteiger partial charge in [-0.15, -0.1) is 0 Å². The molecule has 0 amide bonds. The molecule has 2 aliphatic rings. The Balaban J connectivity index is 1.90. The van der Waals surface area contributed by atoms with Crippen molar-refractivity contribution in [2.75, 3.05) is 44.2 Å². The molecule has 1 saturated heterocycles. The summed E-state index contributed by atoms with van der Waals surface area (Å²) in [5.74, 6) is 3.66. The molecule has 2 nitrogen and oxygen atoms in total. The fourth-order valence-corrected chi connectivity index (χ4v) is 4.65. The van der Waals surface area contributed by atoms with Gasteiger partial charge in [0.2, 0.25) is 0 Å². The molecule has 3 heteroatoms. The van der Waals surface area contributed by atoms with Gasteiger partial charge in [-0.3, -0.25) is 0 Å². The lowest BCUT2D eigenvalue weighted by Crippen LogP contribution is -2.47. The zero-order chi connectivity index (χ0) is 14.3. The van der Waals surface area contributed by atoms with E-state index in [-0.39, 0.29) is 0 Å². The largest absolute Gasteiger partial charge is 0.316 e. The third-order valence-electron chi connectivity index (χ3n) is 5.14. The van der Waals surface area contributed by atoms with Gasteiger partial charge in [-0.2, -0.15) is 11.8 Å². The molecule has 0 aromatic heterocycles. The van der Waals surface area contributed by atoms with Gasteiger partial charge in [-0.05, 0) is 55.9 Å². The minimum atomic E-state index is 0.566. The van der Waals surface area contributed by atoms with Crippen molar-refractivity contribution in [2.45, 2.75) is 52.4 Å². The molecule has 0 aromatic rings. The summed E-state index contributed by atoms with van der Waals surface area (Å²) in [4.78, 5) is 2.77. The van der Waals surface area contributed by atoms with Gasteiger partial charge in [0.15, 0.2) is 0 Å². The fraction of sp³-hybridized carbons (Fsp3) is 1.00. The SMILES string of the molecule is CCCNCC1(CN2CCCSCC2)CCC(C)CC1. The fourth-order valence-electron chi connectivity index (χ4n) is 3.73. The van der Waals surface area contributed by atoms with E-state index in [4.69, 9.17) is 0 Å². The van der Waals surface area contributed by atoms with Gasteiger partial charge >= 0.3 is 0 Å². The van der Waals surface area contributed by atoms with Crippen LogP contribution >= 0.6 is 11.8 Å². The van der Waals surface area contributed by atoms with E-state index in [1.54, 1.807) is 0 Å². The number of hydrogen-bond acceptors (Lipinski definition) is 3. The Morgan fingerprint density at radius 2 is 2.00 bits per heavy atom. The second-order valence-corrected chi connectivity index (χ2v) is 8.33. The van der Waals surface area contributed by atoms with Crippen molar-refractivity contribution in [3.63, 3.8) is 0 Å². The Bertz CT molecular complexity index is 254. The van der Waals surface area contributed by atoms with Crippen LogP contribution in [0.3, 0.4) is 0 Å². The molecule has 0 atom stereocenters. The average molecular weight is 299 g/mol. The highest BCUT2D eigenvalue weighted by Gasteiger charge is 2.35. The maximum Gasteiger partial charge on any atom is 0.00726 e. The van der Waals surface area contributed by atoms with Gasteiger partial charge in [-0.1, -0.05) is 26.7 Å². The van der Waals surface area contributed by atoms with Crippen LogP contribution in [0.2, 0.25) is 0 Å². The van der Waals surface area contributed by atoms with E-state index < -0.39 is 0 Å². The first-order chi connectivity index (χ1) is 9.74. The predicted octanol–water partition coefficient (Wildman–Crippen LogP) is 3.62. The molecule has 1 heterocycles. The maximum absolute atomic E-state index is 3.73.